The molecule has 0 aliphatic carbocycles. The largest absolute Gasteiger partial charge is 0.425 e. The Bertz CT molecular complexity index is 883. The van der Waals surface area contributed by atoms with Gasteiger partial charge in [-0.05, 0) is 48.4 Å². The van der Waals surface area contributed by atoms with Crippen LogP contribution in [0.2, 0.25) is 0 Å². The molecule has 1 atom stereocenters. The molecule has 0 bridgehead atoms. The Kier molecular flexibility index (Phi) is 4.51. The summed E-state index contributed by atoms with van der Waals surface area (Å²) in [6.45, 7) is 3.02. The molecule has 0 spiro atoms. The summed E-state index contributed by atoms with van der Waals surface area (Å²) in [5.41, 5.74) is -0.965. The minimum atomic E-state index is -0.965. The van der Waals surface area contributed by atoms with Crippen LogP contribution in [0.5, 0.6) is 5.75 Å². The van der Waals surface area contributed by atoms with E-state index in [-0.39, 0.29) is 0 Å². The molecule has 1 saturated heterocycles. The number of amides is 3. The number of nitrogens with zero attached hydrogens (tertiary/aromatic N) is 1. The average Bonchev–Trinajstić information content (AvgIpc) is 2.79. The molecular formula is C18H17BrN2O4. The highest BCUT2D eigenvalue weighted by Gasteiger charge is 2.47. The molecule has 0 aromatic heterocycles. The molecule has 1 aliphatic rings. The lowest BCUT2D eigenvalue weighted by Gasteiger charge is -2.18. The Labute approximate surface area is 153 Å². The SMILES string of the molecule is CC[C@]1(C)NC(=O)N(CC(=O)Oc2ccc3cc(Br)ccc3c2)C1=O. The number of urea groups is 1. The third kappa shape index (κ3) is 3.37. The number of nitrogens with one attached hydrogen (secondary N) is 1. The van der Waals surface area contributed by atoms with Crippen LogP contribution in [0.4, 0.5) is 4.79 Å². The summed E-state index contributed by atoms with van der Waals surface area (Å²) in [4.78, 5) is 37.3. The zero-order chi connectivity index (χ0) is 18.2. The third-order valence-electron chi connectivity index (χ3n) is 4.34. The first-order valence-corrected chi connectivity index (χ1v) is 8.66. The van der Waals surface area contributed by atoms with Crippen molar-refractivity contribution < 1.29 is 19.1 Å². The summed E-state index contributed by atoms with van der Waals surface area (Å²) < 4.78 is 6.25. The topological polar surface area (TPSA) is 75.7 Å². The molecule has 1 heterocycles. The van der Waals surface area contributed by atoms with Gasteiger partial charge in [0.25, 0.3) is 5.91 Å². The van der Waals surface area contributed by atoms with Gasteiger partial charge in [0.05, 0.1) is 0 Å². The van der Waals surface area contributed by atoms with Gasteiger partial charge >= 0.3 is 12.0 Å². The Morgan fingerprint density at radius 1 is 1.20 bits per heavy atom. The Morgan fingerprint density at radius 3 is 2.56 bits per heavy atom. The summed E-state index contributed by atoms with van der Waals surface area (Å²) in [5, 5.41) is 4.52. The molecule has 1 fully saturated rings. The third-order valence-corrected chi connectivity index (χ3v) is 4.84. The van der Waals surface area contributed by atoms with E-state index in [1.807, 2.05) is 24.3 Å². The number of benzene rings is 2. The molecule has 2 aromatic carbocycles. The van der Waals surface area contributed by atoms with E-state index in [2.05, 4.69) is 21.2 Å². The average molecular weight is 405 g/mol. The van der Waals surface area contributed by atoms with Gasteiger partial charge in [0.1, 0.15) is 17.8 Å². The lowest BCUT2D eigenvalue weighted by atomic mass is 9.99. The Morgan fingerprint density at radius 2 is 1.88 bits per heavy atom. The van der Waals surface area contributed by atoms with Crippen LogP contribution in [-0.4, -0.2) is 34.9 Å². The second kappa shape index (κ2) is 6.48. The van der Waals surface area contributed by atoms with E-state index in [1.54, 1.807) is 26.0 Å². The highest BCUT2D eigenvalue weighted by Crippen LogP contribution is 2.25. The van der Waals surface area contributed by atoms with Gasteiger partial charge in [0.2, 0.25) is 0 Å². The van der Waals surface area contributed by atoms with Crippen molar-refractivity contribution in [1.29, 1.82) is 0 Å². The van der Waals surface area contributed by atoms with Crippen molar-refractivity contribution >= 4 is 44.6 Å². The van der Waals surface area contributed by atoms with Gasteiger partial charge in [-0.25, -0.2) is 9.59 Å². The van der Waals surface area contributed by atoms with Crippen molar-refractivity contribution in [3.63, 3.8) is 0 Å². The summed E-state index contributed by atoms with van der Waals surface area (Å²) in [7, 11) is 0. The Balaban J connectivity index is 1.72. The molecule has 0 radical (unpaired) electrons. The van der Waals surface area contributed by atoms with Crippen molar-refractivity contribution in [3.8, 4) is 5.75 Å². The number of ether oxygens (including phenoxy) is 1. The van der Waals surface area contributed by atoms with Gasteiger partial charge < -0.3 is 10.1 Å². The van der Waals surface area contributed by atoms with Crippen LogP contribution in [0.25, 0.3) is 10.8 Å². The summed E-state index contributed by atoms with van der Waals surface area (Å²) in [6.07, 6.45) is 0.448. The van der Waals surface area contributed by atoms with E-state index in [4.69, 9.17) is 4.74 Å². The van der Waals surface area contributed by atoms with Crippen LogP contribution in [-0.2, 0) is 9.59 Å². The molecule has 130 valence electrons. The highest BCUT2D eigenvalue weighted by molar-refractivity contribution is 9.10. The van der Waals surface area contributed by atoms with E-state index in [9.17, 15) is 14.4 Å². The number of carbonyl (C=O) groups is 3. The minimum Gasteiger partial charge on any atom is -0.425 e. The first-order chi connectivity index (χ1) is 11.8. The molecule has 3 rings (SSSR count). The number of halogens is 1. The van der Waals surface area contributed by atoms with Gasteiger partial charge in [-0.2, -0.15) is 0 Å². The quantitative estimate of drug-likeness (QED) is 0.482. The second-order valence-corrected chi connectivity index (χ2v) is 7.05. The predicted molar refractivity (Wildman–Crippen MR) is 96.2 cm³/mol. The van der Waals surface area contributed by atoms with E-state index >= 15 is 0 Å². The highest BCUT2D eigenvalue weighted by atomic mass is 79.9. The first-order valence-electron chi connectivity index (χ1n) is 7.86. The molecule has 7 heteroatoms. The maximum atomic E-state index is 12.3. The number of esters is 1. The van der Waals surface area contributed by atoms with Gasteiger partial charge in [-0.3, -0.25) is 9.69 Å². The monoisotopic (exact) mass is 404 g/mol. The number of rotatable bonds is 4. The molecule has 25 heavy (non-hydrogen) atoms. The van der Waals surface area contributed by atoms with Crippen molar-refractivity contribution in [1.82, 2.24) is 10.2 Å². The van der Waals surface area contributed by atoms with Crippen LogP contribution in [0, 0.1) is 0 Å². The maximum Gasteiger partial charge on any atom is 0.331 e. The number of hydrogen-bond donors (Lipinski definition) is 1. The van der Waals surface area contributed by atoms with Crippen LogP contribution in [0.15, 0.2) is 40.9 Å². The van der Waals surface area contributed by atoms with Crippen molar-refractivity contribution in [2.45, 2.75) is 25.8 Å². The molecule has 0 unspecified atom stereocenters. The zero-order valence-corrected chi connectivity index (χ0v) is 15.4. The van der Waals surface area contributed by atoms with E-state index in [1.165, 1.54) is 0 Å². The second-order valence-electron chi connectivity index (χ2n) is 6.13. The van der Waals surface area contributed by atoms with Gasteiger partial charge in [-0.1, -0.05) is 35.0 Å². The number of hydrogen-bond acceptors (Lipinski definition) is 4. The minimum absolute atomic E-state index is 0.366. The number of imide groups is 1. The fourth-order valence-corrected chi connectivity index (χ4v) is 3.06. The fourth-order valence-electron chi connectivity index (χ4n) is 2.68. The molecule has 2 aromatic rings. The lowest BCUT2D eigenvalue weighted by molar-refractivity contribution is -0.140. The number of carbonyl (C=O) groups excluding carboxylic acids is 3. The molecule has 3 amide bonds. The summed E-state index contributed by atoms with van der Waals surface area (Å²) in [6, 6.07) is 10.4. The summed E-state index contributed by atoms with van der Waals surface area (Å²) >= 11 is 3.41. The standard InChI is InChI=1S/C18H17BrN2O4/c1-3-18(2)16(23)21(17(24)20-18)10-15(22)25-14-7-5-11-8-13(19)6-4-12(11)9-14/h4-9H,3,10H2,1-2H3,(H,20,24)/t18-/m0/s1. The van der Waals surface area contributed by atoms with E-state index in [0.717, 1.165) is 20.1 Å². The van der Waals surface area contributed by atoms with Crippen molar-refractivity contribution in [3.05, 3.63) is 40.9 Å². The molecule has 1 aliphatic heterocycles. The van der Waals surface area contributed by atoms with Crippen molar-refractivity contribution in [2.24, 2.45) is 0 Å². The van der Waals surface area contributed by atoms with Crippen LogP contribution in [0.3, 0.4) is 0 Å². The van der Waals surface area contributed by atoms with Gasteiger partial charge in [0, 0.05) is 4.47 Å². The van der Waals surface area contributed by atoms with Crippen LogP contribution in [0.1, 0.15) is 20.3 Å². The van der Waals surface area contributed by atoms with Crippen molar-refractivity contribution in [2.75, 3.05) is 6.54 Å². The zero-order valence-electron chi connectivity index (χ0n) is 13.8. The molecule has 6 nitrogen and oxygen atoms in total. The lowest BCUT2D eigenvalue weighted by Crippen LogP contribution is -2.43. The predicted octanol–water partition coefficient (Wildman–Crippen LogP) is 3.23. The molecular weight excluding hydrogens is 388 g/mol. The molecule has 1 N–H and O–H groups in total. The van der Waals surface area contributed by atoms with Gasteiger partial charge in [-0.15, -0.1) is 0 Å². The Hall–Kier alpha value is -2.41. The fraction of sp³-hybridized carbons (Fsp3) is 0.278. The smallest absolute Gasteiger partial charge is 0.331 e. The number of fused-ring (bicyclic) bond motifs is 1. The van der Waals surface area contributed by atoms with Crippen LogP contribution >= 0.6 is 15.9 Å². The van der Waals surface area contributed by atoms with Gasteiger partial charge in [0.15, 0.2) is 0 Å². The van der Waals surface area contributed by atoms with E-state index in [0.29, 0.717) is 12.2 Å². The normalized spacial score (nSPS) is 20.0. The first kappa shape index (κ1) is 17.4. The summed E-state index contributed by atoms with van der Waals surface area (Å²) in [5.74, 6) is -0.717. The molecule has 0 saturated carbocycles. The van der Waals surface area contributed by atoms with Crippen LogP contribution < -0.4 is 10.1 Å². The maximum absolute atomic E-state index is 12.3. The van der Waals surface area contributed by atoms with E-state index < -0.39 is 30.0 Å².